The molecule has 0 saturated carbocycles. The standard InChI is InChI=1S/C12H16N2O/c1-2-9-14-12(15)8-5-10-3-6-11(13)7-4-10/h2-4,6-7H,1,5,8-9,13H2,(H,14,15). The van der Waals surface area contributed by atoms with Gasteiger partial charge in [0.15, 0.2) is 0 Å². The highest BCUT2D eigenvalue weighted by Crippen LogP contribution is 2.07. The van der Waals surface area contributed by atoms with E-state index in [0.717, 1.165) is 17.7 Å². The van der Waals surface area contributed by atoms with Crippen LogP contribution in [0.25, 0.3) is 0 Å². The van der Waals surface area contributed by atoms with E-state index in [1.54, 1.807) is 6.08 Å². The van der Waals surface area contributed by atoms with Gasteiger partial charge in [-0.25, -0.2) is 0 Å². The summed E-state index contributed by atoms with van der Waals surface area (Å²) in [5.41, 5.74) is 7.43. The van der Waals surface area contributed by atoms with Gasteiger partial charge in [0, 0.05) is 18.7 Å². The first-order chi connectivity index (χ1) is 7.22. The van der Waals surface area contributed by atoms with Gasteiger partial charge >= 0.3 is 0 Å². The summed E-state index contributed by atoms with van der Waals surface area (Å²) < 4.78 is 0. The minimum Gasteiger partial charge on any atom is -0.399 e. The molecule has 0 radical (unpaired) electrons. The van der Waals surface area contributed by atoms with Crippen LogP contribution in [0.15, 0.2) is 36.9 Å². The zero-order valence-electron chi connectivity index (χ0n) is 8.70. The maximum absolute atomic E-state index is 11.3. The molecule has 3 N–H and O–H groups in total. The van der Waals surface area contributed by atoms with Crippen molar-refractivity contribution in [3.63, 3.8) is 0 Å². The molecule has 0 heterocycles. The average Bonchev–Trinajstić information content (AvgIpc) is 2.25. The predicted molar refractivity (Wildman–Crippen MR) is 62.4 cm³/mol. The molecular formula is C12H16N2O. The van der Waals surface area contributed by atoms with Gasteiger partial charge in [-0.1, -0.05) is 18.2 Å². The number of nitrogens with one attached hydrogen (secondary N) is 1. The number of carbonyl (C=O) groups is 1. The van der Waals surface area contributed by atoms with Crippen LogP contribution in [0.5, 0.6) is 0 Å². The summed E-state index contributed by atoms with van der Waals surface area (Å²) in [4.78, 5) is 11.3. The van der Waals surface area contributed by atoms with Crippen LogP contribution < -0.4 is 11.1 Å². The Morgan fingerprint density at radius 2 is 2.07 bits per heavy atom. The zero-order chi connectivity index (χ0) is 11.1. The van der Waals surface area contributed by atoms with E-state index >= 15 is 0 Å². The SMILES string of the molecule is C=CCNC(=O)CCc1ccc(N)cc1. The number of carbonyl (C=O) groups excluding carboxylic acids is 1. The van der Waals surface area contributed by atoms with Crippen molar-refractivity contribution < 1.29 is 4.79 Å². The Bertz CT molecular complexity index is 330. The minimum absolute atomic E-state index is 0.0479. The third-order valence-electron chi connectivity index (χ3n) is 2.06. The summed E-state index contributed by atoms with van der Waals surface area (Å²) in [6, 6.07) is 7.57. The molecule has 1 rings (SSSR count). The Balaban J connectivity index is 2.33. The summed E-state index contributed by atoms with van der Waals surface area (Å²) in [6.07, 6.45) is 2.90. The van der Waals surface area contributed by atoms with Crippen molar-refractivity contribution in [1.82, 2.24) is 5.32 Å². The van der Waals surface area contributed by atoms with Crippen molar-refractivity contribution in [2.24, 2.45) is 0 Å². The molecule has 0 aliphatic rings. The quantitative estimate of drug-likeness (QED) is 0.564. The van der Waals surface area contributed by atoms with E-state index in [0.29, 0.717) is 13.0 Å². The number of nitrogen functional groups attached to an aromatic ring is 1. The van der Waals surface area contributed by atoms with Gasteiger partial charge in [0.25, 0.3) is 0 Å². The number of rotatable bonds is 5. The molecular weight excluding hydrogens is 188 g/mol. The van der Waals surface area contributed by atoms with Gasteiger partial charge in [0.05, 0.1) is 0 Å². The number of hydrogen-bond donors (Lipinski definition) is 2. The van der Waals surface area contributed by atoms with E-state index in [2.05, 4.69) is 11.9 Å². The summed E-state index contributed by atoms with van der Waals surface area (Å²) in [7, 11) is 0. The monoisotopic (exact) mass is 204 g/mol. The fraction of sp³-hybridized carbons (Fsp3) is 0.250. The highest BCUT2D eigenvalue weighted by Gasteiger charge is 2.00. The number of amides is 1. The van der Waals surface area contributed by atoms with Crippen molar-refractivity contribution in [3.05, 3.63) is 42.5 Å². The predicted octanol–water partition coefficient (Wildman–Crippen LogP) is 1.50. The van der Waals surface area contributed by atoms with E-state index in [1.807, 2.05) is 24.3 Å². The Morgan fingerprint density at radius 1 is 1.40 bits per heavy atom. The molecule has 0 fully saturated rings. The van der Waals surface area contributed by atoms with Crippen molar-refractivity contribution in [2.45, 2.75) is 12.8 Å². The van der Waals surface area contributed by atoms with E-state index in [4.69, 9.17) is 5.73 Å². The molecule has 1 aromatic rings. The van der Waals surface area contributed by atoms with Gasteiger partial charge in [0.2, 0.25) is 5.91 Å². The highest BCUT2D eigenvalue weighted by atomic mass is 16.1. The van der Waals surface area contributed by atoms with Crippen molar-refractivity contribution in [1.29, 1.82) is 0 Å². The molecule has 15 heavy (non-hydrogen) atoms. The number of hydrogen-bond acceptors (Lipinski definition) is 2. The summed E-state index contributed by atoms with van der Waals surface area (Å²) in [6.45, 7) is 4.06. The maximum atomic E-state index is 11.3. The molecule has 1 aromatic carbocycles. The Labute approximate surface area is 90.0 Å². The molecule has 80 valence electrons. The van der Waals surface area contributed by atoms with E-state index < -0.39 is 0 Å². The molecule has 1 amide bonds. The Kier molecular flexibility index (Phi) is 4.41. The van der Waals surface area contributed by atoms with Crippen molar-refractivity contribution in [2.75, 3.05) is 12.3 Å². The second kappa shape index (κ2) is 5.86. The fourth-order valence-corrected chi connectivity index (χ4v) is 1.22. The lowest BCUT2D eigenvalue weighted by molar-refractivity contribution is -0.120. The lowest BCUT2D eigenvalue weighted by Crippen LogP contribution is -2.23. The largest absolute Gasteiger partial charge is 0.399 e. The average molecular weight is 204 g/mol. The second-order valence-electron chi connectivity index (χ2n) is 3.33. The molecule has 0 aliphatic carbocycles. The first-order valence-electron chi connectivity index (χ1n) is 4.94. The van der Waals surface area contributed by atoms with Crippen LogP contribution in [0, 0.1) is 0 Å². The molecule has 3 nitrogen and oxygen atoms in total. The van der Waals surface area contributed by atoms with E-state index in [-0.39, 0.29) is 5.91 Å². The molecule has 0 bridgehead atoms. The van der Waals surface area contributed by atoms with E-state index in [9.17, 15) is 4.79 Å². The van der Waals surface area contributed by atoms with Crippen LogP contribution in [0.1, 0.15) is 12.0 Å². The normalized spacial score (nSPS) is 9.60. The number of aryl methyl sites for hydroxylation is 1. The first-order valence-corrected chi connectivity index (χ1v) is 4.94. The number of anilines is 1. The van der Waals surface area contributed by atoms with Crippen LogP contribution in [0.3, 0.4) is 0 Å². The third kappa shape index (κ3) is 4.31. The van der Waals surface area contributed by atoms with Gasteiger partial charge < -0.3 is 11.1 Å². The Hall–Kier alpha value is -1.77. The smallest absolute Gasteiger partial charge is 0.220 e. The second-order valence-corrected chi connectivity index (χ2v) is 3.33. The highest BCUT2D eigenvalue weighted by molar-refractivity contribution is 5.76. The number of benzene rings is 1. The molecule has 3 heteroatoms. The van der Waals surface area contributed by atoms with Gasteiger partial charge in [-0.05, 0) is 24.1 Å². The third-order valence-corrected chi connectivity index (χ3v) is 2.06. The van der Waals surface area contributed by atoms with Crippen LogP contribution >= 0.6 is 0 Å². The van der Waals surface area contributed by atoms with Crippen LogP contribution in [0.4, 0.5) is 5.69 Å². The number of nitrogens with two attached hydrogens (primary N) is 1. The fourth-order valence-electron chi connectivity index (χ4n) is 1.22. The molecule has 0 aromatic heterocycles. The maximum Gasteiger partial charge on any atom is 0.220 e. The van der Waals surface area contributed by atoms with Gasteiger partial charge in [-0.2, -0.15) is 0 Å². The zero-order valence-corrected chi connectivity index (χ0v) is 8.70. The molecule has 0 saturated heterocycles. The molecule has 0 aliphatic heterocycles. The lowest BCUT2D eigenvalue weighted by Gasteiger charge is -2.02. The van der Waals surface area contributed by atoms with E-state index in [1.165, 1.54) is 0 Å². The van der Waals surface area contributed by atoms with Gasteiger partial charge in [-0.15, -0.1) is 6.58 Å². The van der Waals surface area contributed by atoms with Crippen molar-refractivity contribution in [3.8, 4) is 0 Å². The van der Waals surface area contributed by atoms with Gasteiger partial charge in [0.1, 0.15) is 0 Å². The van der Waals surface area contributed by atoms with Crippen LogP contribution in [-0.2, 0) is 11.2 Å². The van der Waals surface area contributed by atoms with Crippen LogP contribution in [0.2, 0.25) is 0 Å². The summed E-state index contributed by atoms with van der Waals surface area (Å²) in [5, 5.41) is 2.73. The van der Waals surface area contributed by atoms with Crippen LogP contribution in [-0.4, -0.2) is 12.5 Å². The Morgan fingerprint density at radius 3 is 2.67 bits per heavy atom. The van der Waals surface area contributed by atoms with Gasteiger partial charge in [-0.3, -0.25) is 4.79 Å². The summed E-state index contributed by atoms with van der Waals surface area (Å²) >= 11 is 0. The lowest BCUT2D eigenvalue weighted by atomic mass is 10.1. The molecule has 0 unspecified atom stereocenters. The molecule has 0 atom stereocenters. The first kappa shape index (κ1) is 11.3. The topological polar surface area (TPSA) is 55.1 Å². The van der Waals surface area contributed by atoms with Crippen molar-refractivity contribution >= 4 is 11.6 Å². The minimum atomic E-state index is 0.0479. The molecule has 0 spiro atoms. The summed E-state index contributed by atoms with van der Waals surface area (Å²) in [5.74, 6) is 0.0479.